The van der Waals surface area contributed by atoms with Crippen molar-refractivity contribution in [3.8, 4) is 0 Å². The first kappa shape index (κ1) is 75.8. The number of carboxylic acids is 2. The Bertz CT molecular complexity index is 1210. The molecule has 1 saturated heterocycles. The Labute approximate surface area is 377 Å². The maximum absolute atomic E-state index is 10.8. The number of sulfonamides is 2. The van der Waals surface area contributed by atoms with Gasteiger partial charge >= 0.3 is 0 Å². The molecule has 6 atom stereocenters. The number of piperidine rings is 1. The van der Waals surface area contributed by atoms with Gasteiger partial charge in [-0.05, 0) is 68.7 Å². The largest absolute Gasteiger partial charge is 0.481 e. The number of aliphatic carboxylic acids is 2. The van der Waals surface area contributed by atoms with Crippen molar-refractivity contribution >= 4 is 50.6 Å². The fourth-order valence-corrected chi connectivity index (χ4v) is 8.55. The molecule has 8 N–H and O–H groups in total. The Hall–Kier alpha value is -0.571. The van der Waals surface area contributed by atoms with Crippen LogP contribution in [0.15, 0.2) is 0 Å². The van der Waals surface area contributed by atoms with Crippen LogP contribution < -0.4 is 14.8 Å². The Balaban J connectivity index is -0.0000000887. The smallest absolute Gasteiger partial charge is 0.300 e. The summed E-state index contributed by atoms with van der Waals surface area (Å²) in [4.78, 5) is 18.0. The average molecular weight is 1030 g/mol. The zero-order valence-electron chi connectivity index (χ0n) is 35.6. The Morgan fingerprint density at radius 2 is 1.00 bits per heavy atom. The monoisotopic (exact) mass is 1030 g/mol. The van der Waals surface area contributed by atoms with Gasteiger partial charge in [-0.15, -0.1) is 0 Å². The maximum atomic E-state index is 10.8. The van der Waals surface area contributed by atoms with Gasteiger partial charge < -0.3 is 30.8 Å². The zero-order valence-corrected chi connectivity index (χ0v) is 40.8. The predicted octanol–water partition coefficient (Wildman–Crippen LogP) is 4.42. The minimum atomic E-state index is -3.10. The van der Waals surface area contributed by atoms with E-state index in [1.165, 1.54) is 43.8 Å². The molecule has 0 aromatic heterocycles. The number of nitrogens with one attached hydrogen (secondary N) is 3. The van der Waals surface area contributed by atoms with Crippen LogP contribution in [0.4, 0.5) is 0 Å². The molecule has 16 nitrogen and oxygen atoms in total. The molecule has 59 heavy (non-hydrogen) atoms. The summed E-state index contributed by atoms with van der Waals surface area (Å²) >= 11 is 0. The van der Waals surface area contributed by atoms with Crippen molar-refractivity contribution in [2.75, 3.05) is 57.8 Å². The Kier molecular flexibility index (Phi) is 56.6. The number of carboxylic acid groups (broad SMARTS) is 2. The molecule has 0 radical (unpaired) electrons. The molecule has 368 valence electrons. The van der Waals surface area contributed by atoms with Gasteiger partial charge in [0.25, 0.3) is 11.9 Å². The van der Waals surface area contributed by atoms with Gasteiger partial charge in [0.05, 0.1) is 24.7 Å². The normalized spacial score (nSPS) is 22.0. The van der Waals surface area contributed by atoms with Crippen LogP contribution in [0.5, 0.6) is 0 Å². The van der Waals surface area contributed by atoms with Crippen LogP contribution in [-0.4, -0.2) is 142 Å². The second kappa shape index (κ2) is 44.1. The summed E-state index contributed by atoms with van der Waals surface area (Å²) in [5, 5.41) is 45.3. The summed E-state index contributed by atoms with van der Waals surface area (Å²) in [7, 11) is -9.01. The number of hydrogen-bond acceptors (Lipinski definition) is 12. The van der Waals surface area contributed by atoms with Gasteiger partial charge in [-0.1, -0.05) is 87.4 Å². The fourth-order valence-electron chi connectivity index (χ4n) is 5.74. The van der Waals surface area contributed by atoms with Gasteiger partial charge in [-0.3, -0.25) is 9.59 Å². The van der Waals surface area contributed by atoms with Gasteiger partial charge in [0.1, 0.15) is 9.84 Å². The molecule has 6 unspecified atom stereocenters. The third-order valence-electron chi connectivity index (χ3n) is 8.48. The van der Waals surface area contributed by atoms with Crippen LogP contribution in [0.2, 0.25) is 18.1 Å². The minimum Gasteiger partial charge on any atom is -0.481 e. The van der Waals surface area contributed by atoms with Crippen molar-refractivity contribution in [3.05, 3.63) is 0 Å². The number of β-amino-alcohol motifs (C(OH)–C–C–N with tert-alkyl or cyclic N) is 1. The first-order chi connectivity index (χ1) is 25.1. The number of rotatable bonds is 10. The summed E-state index contributed by atoms with van der Waals surface area (Å²) in [6.45, 7) is 14.1. The molecule has 3 rings (SSSR count). The van der Waals surface area contributed by atoms with Crippen LogP contribution in [0.3, 0.4) is 0 Å². The summed E-state index contributed by atoms with van der Waals surface area (Å²) < 4.78 is 67.3. The molecule has 3 aliphatic rings. The number of sulfone groups is 1. The molecular formula is C38H91N3O13PdS3Si. The van der Waals surface area contributed by atoms with Crippen molar-refractivity contribution in [1.29, 1.82) is 0 Å². The van der Waals surface area contributed by atoms with Gasteiger partial charge in [-0.25, -0.2) is 34.7 Å². The quantitative estimate of drug-likeness (QED) is 0.141. The first-order valence-electron chi connectivity index (χ1n) is 19.2. The summed E-state index contributed by atoms with van der Waals surface area (Å²) in [6, 6.07) is 4.48. The van der Waals surface area contributed by atoms with E-state index < -0.39 is 41.8 Å². The van der Waals surface area contributed by atoms with E-state index in [0.29, 0.717) is 44.5 Å². The zero-order chi connectivity index (χ0) is 43.8. The number of aliphatic hydroxyl groups is 3. The van der Waals surface area contributed by atoms with E-state index in [-0.39, 0.29) is 69.6 Å². The summed E-state index contributed by atoms with van der Waals surface area (Å²) in [5.74, 6) is 0.307. The van der Waals surface area contributed by atoms with Crippen LogP contribution >= 0.6 is 0 Å². The molecule has 2 saturated carbocycles. The molecule has 0 aromatic rings. The predicted molar refractivity (Wildman–Crippen MR) is 245 cm³/mol. The van der Waals surface area contributed by atoms with E-state index in [4.69, 9.17) is 24.9 Å². The molecule has 1 aliphatic heterocycles. The van der Waals surface area contributed by atoms with E-state index in [2.05, 4.69) is 42.5 Å². The van der Waals surface area contributed by atoms with E-state index in [1.807, 2.05) is 0 Å². The molecule has 21 heteroatoms. The Morgan fingerprint density at radius 1 is 0.644 bits per heavy atom. The molecule has 0 amide bonds. The second-order valence-corrected chi connectivity index (χ2v) is 25.1. The summed E-state index contributed by atoms with van der Waals surface area (Å²) in [6.07, 6.45) is 13.5. The standard InChI is InChI=1S/C8H17NO3S.C8H16O.C7H16N2O3S.C6H16Si.C2H6O2S.2C2H4O2.3CH4.Pd/c1-13(11,12)9-6-7-3-2-4-8(10)5-7;1-7-3-2-4-8(5-7)6-9;1-13(11,12)9-4-6-2-7(10)5-8-3-6;1-4-7(5-2)6-3;1-5(2,3)4;2*1-2(3)4;;;;/h7-10H,2-6H2,1H3;7-9H,2-6H2,1H3;6-10H,2-5H2,1H3;7H,4-6H2,1-3H3;1-2H3;2*1H3,(H,3,4);3*1H4;. The minimum absolute atomic E-state index is 0. The number of carbonyl (C=O) groups is 2. The van der Waals surface area contributed by atoms with Crippen LogP contribution in [-0.2, 0) is 59.9 Å². The fraction of sp³-hybridized carbons (Fsp3) is 0.947. The second-order valence-electron chi connectivity index (χ2n) is 14.9. The van der Waals surface area contributed by atoms with Crippen LogP contribution in [0, 0.1) is 23.7 Å². The van der Waals surface area contributed by atoms with Crippen molar-refractivity contribution in [2.24, 2.45) is 23.7 Å². The van der Waals surface area contributed by atoms with Gasteiger partial charge in [0.2, 0.25) is 20.0 Å². The topological polar surface area (TPSA) is 274 Å². The van der Waals surface area contributed by atoms with Crippen LogP contribution in [0.1, 0.15) is 122 Å². The van der Waals surface area contributed by atoms with Gasteiger partial charge in [-0.2, -0.15) is 0 Å². The maximum Gasteiger partial charge on any atom is 0.300 e. The van der Waals surface area contributed by atoms with E-state index in [9.17, 15) is 35.5 Å². The number of aliphatic hydroxyl groups excluding tert-OH is 3. The van der Waals surface area contributed by atoms with E-state index in [0.717, 1.165) is 77.0 Å². The number of hydrogen-bond donors (Lipinski definition) is 8. The summed E-state index contributed by atoms with van der Waals surface area (Å²) in [5.41, 5.74) is 0. The van der Waals surface area contributed by atoms with Gasteiger partial charge in [0, 0.05) is 81.8 Å². The molecule has 1 heterocycles. The van der Waals surface area contributed by atoms with Crippen LogP contribution in [0.25, 0.3) is 0 Å². The molecule has 3 fully saturated rings. The molecule has 0 bridgehead atoms. The van der Waals surface area contributed by atoms with Crippen molar-refractivity contribution in [1.82, 2.24) is 14.8 Å². The molecule has 0 aromatic carbocycles. The first-order valence-corrected chi connectivity index (χ1v) is 27.7. The molecular weight excluding hydrogens is 937 g/mol. The van der Waals surface area contributed by atoms with E-state index in [1.54, 1.807) is 0 Å². The third-order valence-corrected chi connectivity index (χ3v) is 13.3. The van der Waals surface area contributed by atoms with Crippen molar-refractivity contribution < 1.29 is 80.8 Å². The Morgan fingerprint density at radius 3 is 1.29 bits per heavy atom. The van der Waals surface area contributed by atoms with Gasteiger partial charge in [0.15, 0.2) is 0 Å². The van der Waals surface area contributed by atoms with Crippen molar-refractivity contribution in [3.63, 3.8) is 0 Å². The molecule has 2 aliphatic carbocycles. The molecule has 0 spiro atoms. The SMILES string of the molecule is C.C.C.CC(=O)O.CC(=O)O.CC1CCCC(CO)C1.CC[SiH](CC)CC.CS(=O)(=O)NCC1CCCC(O)C1.CS(=O)(=O)NCC1CNCC(O)C1.CS(C)(=O)=O.[Pd]. The van der Waals surface area contributed by atoms with Crippen molar-refractivity contribution in [2.45, 2.75) is 152 Å². The third kappa shape index (κ3) is 72.2. The van der Waals surface area contributed by atoms with E-state index >= 15 is 0 Å². The average Bonchev–Trinajstić information content (AvgIpc) is 3.03.